The first-order valence-electron chi connectivity index (χ1n) is 7.73. The van der Waals surface area contributed by atoms with Crippen LogP contribution >= 0.6 is 11.6 Å². The Balaban J connectivity index is 2.03. The molecule has 27 heavy (non-hydrogen) atoms. The number of nitriles is 1. The van der Waals surface area contributed by atoms with E-state index in [2.05, 4.69) is 20.8 Å². The van der Waals surface area contributed by atoms with Crippen molar-refractivity contribution in [3.8, 4) is 17.3 Å². The van der Waals surface area contributed by atoms with Crippen LogP contribution in [0, 0.1) is 18.3 Å². The molecule has 0 unspecified atom stereocenters. The van der Waals surface area contributed by atoms with E-state index in [9.17, 15) is 13.7 Å². The van der Waals surface area contributed by atoms with Crippen LogP contribution in [0.1, 0.15) is 11.1 Å². The second kappa shape index (κ2) is 7.23. The van der Waals surface area contributed by atoms with Gasteiger partial charge in [0.05, 0.1) is 27.2 Å². The smallest absolute Gasteiger partial charge is 0.263 e. The van der Waals surface area contributed by atoms with Crippen LogP contribution in [0.3, 0.4) is 0 Å². The Bertz CT molecular complexity index is 1170. The molecule has 1 aromatic carbocycles. The van der Waals surface area contributed by atoms with Gasteiger partial charge < -0.3 is 5.73 Å². The van der Waals surface area contributed by atoms with Crippen LogP contribution in [0.5, 0.6) is 0 Å². The first-order chi connectivity index (χ1) is 12.8. The highest BCUT2D eigenvalue weighted by Gasteiger charge is 2.17. The molecule has 0 aliphatic heterocycles. The maximum Gasteiger partial charge on any atom is 0.263 e. The van der Waals surface area contributed by atoms with Crippen molar-refractivity contribution in [2.75, 3.05) is 10.5 Å². The molecule has 3 N–H and O–H groups in total. The highest BCUT2D eigenvalue weighted by Crippen LogP contribution is 2.31. The second-order valence-electron chi connectivity index (χ2n) is 5.64. The fourth-order valence-corrected chi connectivity index (χ4v) is 3.72. The average Bonchev–Trinajstić information content (AvgIpc) is 2.63. The van der Waals surface area contributed by atoms with Crippen molar-refractivity contribution in [2.45, 2.75) is 11.8 Å². The monoisotopic (exact) mass is 399 g/mol. The zero-order chi connectivity index (χ0) is 19.6. The van der Waals surface area contributed by atoms with E-state index in [1.165, 1.54) is 24.4 Å². The standard InChI is InChI=1S/C18H14ClN5O2S/c1-11-12(10-20)3-2-4-14(11)18-15(19)5-6-17(23-18)24-27(25,26)13-7-8-22-16(21)9-13/h2-9H,1H3,(H2,21,22)(H,23,24). The summed E-state index contributed by atoms with van der Waals surface area (Å²) in [6.45, 7) is 1.78. The summed E-state index contributed by atoms with van der Waals surface area (Å²) >= 11 is 6.26. The summed E-state index contributed by atoms with van der Waals surface area (Å²) in [4.78, 5) is 8.08. The molecular weight excluding hydrogens is 386 g/mol. The number of pyridine rings is 2. The van der Waals surface area contributed by atoms with Crippen molar-refractivity contribution in [2.24, 2.45) is 0 Å². The van der Waals surface area contributed by atoms with Gasteiger partial charge in [-0.25, -0.2) is 18.4 Å². The van der Waals surface area contributed by atoms with Gasteiger partial charge >= 0.3 is 0 Å². The van der Waals surface area contributed by atoms with Gasteiger partial charge in [0.25, 0.3) is 10.0 Å². The van der Waals surface area contributed by atoms with Gasteiger partial charge in [-0.05, 0) is 36.8 Å². The number of hydrogen-bond donors (Lipinski definition) is 2. The Kier molecular flexibility index (Phi) is 4.99. The van der Waals surface area contributed by atoms with Crippen LogP contribution in [0.15, 0.2) is 53.6 Å². The Morgan fingerprint density at radius 2 is 2.00 bits per heavy atom. The van der Waals surface area contributed by atoms with E-state index in [4.69, 9.17) is 17.3 Å². The number of nitrogens with two attached hydrogens (primary N) is 1. The lowest BCUT2D eigenvalue weighted by Crippen LogP contribution is -2.14. The van der Waals surface area contributed by atoms with Gasteiger partial charge in [-0.3, -0.25) is 4.72 Å². The Labute approximate surface area is 161 Å². The van der Waals surface area contributed by atoms with E-state index in [-0.39, 0.29) is 16.5 Å². The van der Waals surface area contributed by atoms with E-state index >= 15 is 0 Å². The van der Waals surface area contributed by atoms with Crippen molar-refractivity contribution in [1.29, 1.82) is 5.26 Å². The number of nitrogens with one attached hydrogen (secondary N) is 1. The van der Waals surface area contributed by atoms with Gasteiger partial charge in [-0.2, -0.15) is 5.26 Å². The topological polar surface area (TPSA) is 122 Å². The fourth-order valence-electron chi connectivity index (χ4n) is 2.49. The molecule has 0 fully saturated rings. The third-order valence-electron chi connectivity index (χ3n) is 3.86. The molecule has 0 saturated carbocycles. The molecule has 9 heteroatoms. The summed E-state index contributed by atoms with van der Waals surface area (Å²) in [5.41, 5.74) is 7.77. The van der Waals surface area contributed by atoms with Gasteiger partial charge in [-0.15, -0.1) is 0 Å². The molecule has 0 spiro atoms. The molecule has 136 valence electrons. The molecular formula is C18H14ClN5O2S. The Hall–Kier alpha value is -3.15. The number of rotatable bonds is 4. The molecule has 0 radical (unpaired) electrons. The Morgan fingerprint density at radius 1 is 1.22 bits per heavy atom. The lowest BCUT2D eigenvalue weighted by Gasteiger charge is -2.12. The zero-order valence-corrected chi connectivity index (χ0v) is 15.7. The maximum absolute atomic E-state index is 12.5. The minimum Gasteiger partial charge on any atom is -0.384 e. The van der Waals surface area contributed by atoms with Crippen LogP contribution in [0.2, 0.25) is 5.02 Å². The van der Waals surface area contributed by atoms with Gasteiger partial charge in [0.2, 0.25) is 0 Å². The van der Waals surface area contributed by atoms with Crippen LogP contribution in [-0.4, -0.2) is 18.4 Å². The summed E-state index contributed by atoms with van der Waals surface area (Å²) in [5, 5.41) is 9.54. The molecule has 7 nitrogen and oxygen atoms in total. The number of nitrogen functional groups attached to an aromatic ring is 1. The number of aromatic nitrogens is 2. The van der Waals surface area contributed by atoms with Gasteiger partial charge in [0.15, 0.2) is 0 Å². The van der Waals surface area contributed by atoms with Crippen molar-refractivity contribution in [3.63, 3.8) is 0 Å². The SMILES string of the molecule is Cc1c(C#N)cccc1-c1nc(NS(=O)(=O)c2ccnc(N)c2)ccc1Cl. The summed E-state index contributed by atoms with van der Waals surface area (Å²) in [7, 11) is -3.90. The molecule has 2 aromatic heterocycles. The van der Waals surface area contributed by atoms with Gasteiger partial charge in [0, 0.05) is 17.8 Å². The van der Waals surface area contributed by atoms with Gasteiger partial charge in [-0.1, -0.05) is 23.7 Å². The van der Waals surface area contributed by atoms with Crippen molar-refractivity contribution in [1.82, 2.24) is 9.97 Å². The van der Waals surface area contributed by atoms with Crippen LogP contribution < -0.4 is 10.5 Å². The summed E-state index contributed by atoms with van der Waals surface area (Å²) in [5.74, 6) is 0.179. The number of anilines is 2. The predicted octanol–water partition coefficient (Wildman–Crippen LogP) is 3.36. The largest absolute Gasteiger partial charge is 0.384 e. The molecule has 0 aliphatic carbocycles. The van der Waals surface area contributed by atoms with Crippen LogP contribution in [0.4, 0.5) is 11.6 Å². The quantitative estimate of drug-likeness (QED) is 0.693. The van der Waals surface area contributed by atoms with E-state index in [1.54, 1.807) is 31.2 Å². The third kappa shape index (κ3) is 3.84. The van der Waals surface area contributed by atoms with Gasteiger partial charge in [0.1, 0.15) is 11.6 Å². The molecule has 3 aromatic rings. The van der Waals surface area contributed by atoms with Crippen LogP contribution in [-0.2, 0) is 10.0 Å². The maximum atomic E-state index is 12.5. The highest BCUT2D eigenvalue weighted by atomic mass is 35.5. The van der Waals surface area contributed by atoms with Crippen LogP contribution in [0.25, 0.3) is 11.3 Å². The van der Waals surface area contributed by atoms with E-state index in [1.807, 2.05) is 0 Å². The summed E-state index contributed by atoms with van der Waals surface area (Å²) < 4.78 is 27.5. The first-order valence-corrected chi connectivity index (χ1v) is 9.59. The number of sulfonamides is 1. The lowest BCUT2D eigenvalue weighted by atomic mass is 10.0. The minimum atomic E-state index is -3.90. The fraction of sp³-hybridized carbons (Fsp3) is 0.0556. The molecule has 0 atom stereocenters. The minimum absolute atomic E-state index is 0.0315. The third-order valence-corrected chi connectivity index (χ3v) is 5.51. The Morgan fingerprint density at radius 3 is 2.70 bits per heavy atom. The van der Waals surface area contributed by atoms with Crippen molar-refractivity contribution < 1.29 is 8.42 Å². The zero-order valence-electron chi connectivity index (χ0n) is 14.1. The van der Waals surface area contributed by atoms with Crippen molar-refractivity contribution >= 4 is 33.3 Å². The van der Waals surface area contributed by atoms with E-state index in [0.29, 0.717) is 27.4 Å². The summed E-state index contributed by atoms with van der Waals surface area (Å²) in [6, 6.07) is 12.9. The second-order valence-corrected chi connectivity index (χ2v) is 7.73. The molecule has 0 saturated heterocycles. The molecule has 3 rings (SSSR count). The summed E-state index contributed by atoms with van der Waals surface area (Å²) in [6.07, 6.45) is 1.31. The van der Waals surface area contributed by atoms with E-state index < -0.39 is 10.0 Å². The predicted molar refractivity (Wildman–Crippen MR) is 104 cm³/mol. The highest BCUT2D eigenvalue weighted by molar-refractivity contribution is 7.92. The normalized spacial score (nSPS) is 11.0. The molecule has 0 amide bonds. The molecule has 2 heterocycles. The molecule has 0 aliphatic rings. The van der Waals surface area contributed by atoms with Crippen molar-refractivity contribution in [3.05, 3.63) is 64.8 Å². The number of nitrogens with zero attached hydrogens (tertiary/aromatic N) is 3. The average molecular weight is 400 g/mol. The first kappa shape index (κ1) is 18.6. The van der Waals surface area contributed by atoms with E-state index in [0.717, 1.165) is 0 Å². The molecule has 0 bridgehead atoms. The number of halogens is 1. The lowest BCUT2D eigenvalue weighted by molar-refractivity contribution is 0.601. The number of benzene rings is 1. The number of hydrogen-bond acceptors (Lipinski definition) is 6.